The number of aryl methyl sites for hydroxylation is 1. The number of thiophene rings is 1. The molecule has 0 unspecified atom stereocenters. The highest BCUT2D eigenvalue weighted by molar-refractivity contribution is 7.10. The number of amides is 3. The number of hydrogen-bond acceptors (Lipinski definition) is 4. The molecule has 3 aromatic rings. The molecule has 0 radical (unpaired) electrons. The standard InChI is InChI=1S/C28H31FN4O2S/c1-20-5-7-23(8-6-20)30-28(35)33-16-14-31(15-17-33)26(34)10-13-32-12-9-25-24(11-18-36-25)27(32)21-3-2-4-22(29)19-21/h2-8,11,18-19,27H,9-10,12-17H2,1H3,(H,30,35)/t27-/m0/s1. The van der Waals surface area contributed by atoms with E-state index in [9.17, 15) is 14.0 Å². The Hall–Kier alpha value is -3.23. The fraction of sp³-hybridized carbons (Fsp3) is 0.357. The highest BCUT2D eigenvalue weighted by atomic mass is 32.1. The van der Waals surface area contributed by atoms with Gasteiger partial charge in [0.05, 0.1) is 6.04 Å². The van der Waals surface area contributed by atoms with Gasteiger partial charge in [-0.15, -0.1) is 11.3 Å². The van der Waals surface area contributed by atoms with E-state index >= 15 is 0 Å². The van der Waals surface area contributed by atoms with Crippen LogP contribution in [0.5, 0.6) is 0 Å². The normalized spacial score (nSPS) is 18.1. The van der Waals surface area contributed by atoms with E-state index in [0.29, 0.717) is 39.1 Å². The van der Waals surface area contributed by atoms with Gasteiger partial charge in [0.1, 0.15) is 5.82 Å². The zero-order valence-corrected chi connectivity index (χ0v) is 21.3. The molecule has 1 N–H and O–H groups in total. The molecule has 2 aliphatic rings. The third-order valence-electron chi connectivity index (χ3n) is 7.07. The largest absolute Gasteiger partial charge is 0.339 e. The van der Waals surface area contributed by atoms with Crippen LogP contribution in [0.25, 0.3) is 0 Å². The first kappa shape index (κ1) is 24.5. The number of piperazine rings is 1. The second kappa shape index (κ2) is 10.8. The highest BCUT2D eigenvalue weighted by Crippen LogP contribution is 2.38. The summed E-state index contributed by atoms with van der Waals surface area (Å²) in [4.78, 5) is 32.9. The summed E-state index contributed by atoms with van der Waals surface area (Å²) in [7, 11) is 0. The number of hydrogen-bond donors (Lipinski definition) is 1. The Morgan fingerprint density at radius 3 is 2.50 bits per heavy atom. The summed E-state index contributed by atoms with van der Waals surface area (Å²) < 4.78 is 14.0. The van der Waals surface area contributed by atoms with Gasteiger partial charge in [0.25, 0.3) is 0 Å². The van der Waals surface area contributed by atoms with Crippen LogP contribution in [0.4, 0.5) is 14.9 Å². The third kappa shape index (κ3) is 5.44. The van der Waals surface area contributed by atoms with Crippen LogP contribution in [-0.4, -0.2) is 65.9 Å². The summed E-state index contributed by atoms with van der Waals surface area (Å²) in [6.45, 7) is 5.55. The van der Waals surface area contributed by atoms with Gasteiger partial charge in [-0.2, -0.15) is 0 Å². The summed E-state index contributed by atoms with van der Waals surface area (Å²) in [6, 6.07) is 16.5. The molecule has 3 heterocycles. The number of fused-ring (bicyclic) bond motifs is 1. The van der Waals surface area contributed by atoms with E-state index < -0.39 is 0 Å². The van der Waals surface area contributed by atoms with Crippen molar-refractivity contribution >= 4 is 29.0 Å². The Bertz CT molecular complexity index is 1220. The molecule has 1 saturated heterocycles. The average Bonchev–Trinajstić information content (AvgIpc) is 3.37. The van der Waals surface area contributed by atoms with Crippen molar-refractivity contribution in [2.24, 2.45) is 0 Å². The minimum Gasteiger partial charge on any atom is -0.339 e. The fourth-order valence-corrected chi connectivity index (χ4v) is 5.98. The van der Waals surface area contributed by atoms with Crippen LogP contribution in [0, 0.1) is 12.7 Å². The number of nitrogens with one attached hydrogen (secondary N) is 1. The summed E-state index contributed by atoms with van der Waals surface area (Å²) >= 11 is 1.75. The summed E-state index contributed by atoms with van der Waals surface area (Å²) in [5, 5.41) is 5.03. The highest BCUT2D eigenvalue weighted by Gasteiger charge is 2.31. The topological polar surface area (TPSA) is 55.9 Å². The molecule has 1 aromatic heterocycles. The monoisotopic (exact) mass is 506 g/mol. The quantitative estimate of drug-likeness (QED) is 0.535. The maximum Gasteiger partial charge on any atom is 0.321 e. The van der Waals surface area contributed by atoms with Gasteiger partial charge in [-0.1, -0.05) is 29.8 Å². The van der Waals surface area contributed by atoms with Crippen molar-refractivity contribution in [1.29, 1.82) is 0 Å². The molecule has 6 nitrogen and oxygen atoms in total. The van der Waals surface area contributed by atoms with Crippen LogP contribution in [-0.2, 0) is 11.2 Å². The molecule has 1 atom stereocenters. The molecular formula is C28H31FN4O2S. The van der Waals surface area contributed by atoms with E-state index in [4.69, 9.17) is 0 Å². The lowest BCUT2D eigenvalue weighted by atomic mass is 9.93. The predicted octanol–water partition coefficient (Wildman–Crippen LogP) is 4.91. The maximum absolute atomic E-state index is 14.0. The molecule has 0 saturated carbocycles. The van der Waals surface area contributed by atoms with E-state index in [1.807, 2.05) is 42.2 Å². The van der Waals surface area contributed by atoms with Gasteiger partial charge in [0, 0.05) is 56.3 Å². The third-order valence-corrected chi connectivity index (χ3v) is 8.06. The van der Waals surface area contributed by atoms with Gasteiger partial charge >= 0.3 is 6.03 Å². The number of nitrogens with zero attached hydrogens (tertiary/aromatic N) is 3. The zero-order valence-electron chi connectivity index (χ0n) is 20.5. The van der Waals surface area contributed by atoms with Crippen molar-refractivity contribution in [3.05, 3.63) is 87.4 Å². The smallest absolute Gasteiger partial charge is 0.321 e. The molecule has 36 heavy (non-hydrogen) atoms. The van der Waals surface area contributed by atoms with Crippen molar-refractivity contribution in [2.45, 2.75) is 25.8 Å². The molecule has 3 amide bonds. The Morgan fingerprint density at radius 1 is 1.00 bits per heavy atom. The van der Waals surface area contributed by atoms with Crippen molar-refractivity contribution in [3.8, 4) is 0 Å². The summed E-state index contributed by atoms with van der Waals surface area (Å²) in [5.41, 5.74) is 4.06. The lowest BCUT2D eigenvalue weighted by Crippen LogP contribution is -2.52. The number of anilines is 1. The minimum absolute atomic E-state index is 0.0363. The van der Waals surface area contributed by atoms with Crippen LogP contribution in [0.2, 0.25) is 0 Å². The molecule has 0 bridgehead atoms. The lowest BCUT2D eigenvalue weighted by Gasteiger charge is -2.38. The molecule has 1 fully saturated rings. The van der Waals surface area contributed by atoms with Gasteiger partial charge in [0.15, 0.2) is 0 Å². The first-order chi connectivity index (χ1) is 17.5. The number of carbonyl (C=O) groups excluding carboxylic acids is 2. The Labute approximate surface area is 215 Å². The van der Waals surface area contributed by atoms with Gasteiger partial charge in [-0.25, -0.2) is 9.18 Å². The SMILES string of the molecule is Cc1ccc(NC(=O)N2CCN(C(=O)CCN3CCc4sccc4[C@@H]3c3cccc(F)c3)CC2)cc1. The average molecular weight is 507 g/mol. The van der Waals surface area contributed by atoms with Crippen LogP contribution in [0.3, 0.4) is 0 Å². The Balaban J connectivity index is 1.16. The van der Waals surface area contributed by atoms with Crippen molar-refractivity contribution in [3.63, 3.8) is 0 Å². The summed E-state index contributed by atoms with van der Waals surface area (Å²) in [5.74, 6) is -0.141. The first-order valence-corrected chi connectivity index (χ1v) is 13.3. The van der Waals surface area contributed by atoms with E-state index in [0.717, 1.165) is 29.8 Å². The molecule has 0 spiro atoms. The van der Waals surface area contributed by atoms with Crippen LogP contribution >= 0.6 is 11.3 Å². The number of benzene rings is 2. The second-order valence-electron chi connectivity index (χ2n) is 9.46. The second-order valence-corrected chi connectivity index (χ2v) is 10.5. The van der Waals surface area contributed by atoms with E-state index in [-0.39, 0.29) is 23.8 Å². The predicted molar refractivity (Wildman–Crippen MR) is 141 cm³/mol. The molecule has 5 rings (SSSR count). The lowest BCUT2D eigenvalue weighted by molar-refractivity contribution is -0.133. The van der Waals surface area contributed by atoms with Gasteiger partial charge in [-0.05, 0) is 60.2 Å². The Kier molecular flexibility index (Phi) is 7.34. The maximum atomic E-state index is 14.0. The molecule has 2 aliphatic heterocycles. The van der Waals surface area contributed by atoms with Gasteiger partial charge in [0.2, 0.25) is 5.91 Å². The van der Waals surface area contributed by atoms with Crippen molar-refractivity contribution in [2.75, 3.05) is 44.6 Å². The van der Waals surface area contributed by atoms with Crippen molar-refractivity contribution in [1.82, 2.24) is 14.7 Å². The van der Waals surface area contributed by atoms with Crippen LogP contribution < -0.4 is 5.32 Å². The van der Waals surface area contributed by atoms with Crippen LogP contribution in [0.1, 0.15) is 34.0 Å². The molecule has 8 heteroatoms. The number of carbonyl (C=O) groups is 2. The number of halogens is 1. The molecular weight excluding hydrogens is 475 g/mol. The van der Waals surface area contributed by atoms with E-state index in [1.165, 1.54) is 16.5 Å². The van der Waals surface area contributed by atoms with Crippen molar-refractivity contribution < 1.29 is 14.0 Å². The van der Waals surface area contributed by atoms with Crippen LogP contribution in [0.15, 0.2) is 60.0 Å². The molecule has 2 aromatic carbocycles. The molecule has 0 aliphatic carbocycles. The summed E-state index contributed by atoms with van der Waals surface area (Å²) in [6.07, 6.45) is 1.35. The van der Waals surface area contributed by atoms with E-state index in [1.54, 1.807) is 28.4 Å². The first-order valence-electron chi connectivity index (χ1n) is 12.4. The molecule has 188 valence electrons. The number of urea groups is 1. The zero-order chi connectivity index (χ0) is 25.1. The minimum atomic E-state index is -0.241. The van der Waals surface area contributed by atoms with E-state index in [2.05, 4.69) is 21.7 Å². The fourth-order valence-electron chi connectivity index (χ4n) is 5.07. The Morgan fingerprint density at radius 2 is 1.75 bits per heavy atom. The number of rotatable bonds is 5. The van der Waals surface area contributed by atoms with Gasteiger partial charge < -0.3 is 15.1 Å². The van der Waals surface area contributed by atoms with Gasteiger partial charge in [-0.3, -0.25) is 9.69 Å².